The molecule has 0 amide bonds. The van der Waals surface area contributed by atoms with Crippen LogP contribution in [0.4, 0.5) is 0 Å². The normalized spacial score (nSPS) is 35.0. The lowest BCUT2D eigenvalue weighted by molar-refractivity contribution is 0.165. The molecule has 6 rings (SSSR count). The maximum absolute atomic E-state index is 6.58. The van der Waals surface area contributed by atoms with Crippen molar-refractivity contribution in [2.45, 2.75) is 208 Å². The van der Waals surface area contributed by atoms with Crippen molar-refractivity contribution in [1.29, 1.82) is 0 Å². The van der Waals surface area contributed by atoms with Gasteiger partial charge in [-0.2, -0.15) is 0 Å². The first-order valence-corrected chi connectivity index (χ1v) is 23.3. The second kappa shape index (κ2) is 19.1. The first-order chi connectivity index (χ1) is 24.6. The molecule has 2 heteroatoms. The quantitative estimate of drug-likeness (QED) is 0.199. The number of ether oxygens (including phenoxy) is 1. The Morgan fingerprint density at radius 2 is 0.765 bits per heavy atom. The Kier molecular flexibility index (Phi) is 14.9. The van der Waals surface area contributed by atoms with E-state index in [2.05, 4.69) is 41.5 Å². The fourth-order valence-electron chi connectivity index (χ4n) is 12.3. The van der Waals surface area contributed by atoms with Crippen molar-refractivity contribution in [3.63, 3.8) is 0 Å². The zero-order valence-corrected chi connectivity index (χ0v) is 35.3. The summed E-state index contributed by atoms with van der Waals surface area (Å²) in [6.07, 6.45) is 37.6. The molecular formula is C49H80OS. The Labute approximate surface area is 322 Å². The summed E-state index contributed by atoms with van der Waals surface area (Å²) in [5.41, 5.74) is 7.18. The minimum absolute atomic E-state index is 0.820. The highest BCUT2D eigenvalue weighted by molar-refractivity contribution is 7.80. The van der Waals surface area contributed by atoms with Gasteiger partial charge >= 0.3 is 0 Å². The summed E-state index contributed by atoms with van der Waals surface area (Å²) >= 11 is 5.92. The lowest BCUT2D eigenvalue weighted by Crippen LogP contribution is -2.23. The highest BCUT2D eigenvalue weighted by atomic mass is 32.1. The lowest BCUT2D eigenvalue weighted by Gasteiger charge is -2.36. The number of hydrogen-bond acceptors (Lipinski definition) is 2. The second-order valence-electron chi connectivity index (χ2n) is 20.1. The van der Waals surface area contributed by atoms with E-state index in [-0.39, 0.29) is 0 Å². The van der Waals surface area contributed by atoms with Crippen LogP contribution in [-0.2, 0) is 6.42 Å². The fourth-order valence-corrected chi connectivity index (χ4v) is 12.5. The van der Waals surface area contributed by atoms with Gasteiger partial charge in [0.2, 0.25) is 0 Å². The van der Waals surface area contributed by atoms with Crippen molar-refractivity contribution in [2.24, 2.45) is 59.2 Å². The highest BCUT2D eigenvalue weighted by Gasteiger charge is 2.30. The molecule has 0 bridgehead atoms. The van der Waals surface area contributed by atoms with Gasteiger partial charge in [-0.3, -0.25) is 0 Å². The van der Waals surface area contributed by atoms with Crippen LogP contribution in [0.1, 0.15) is 202 Å². The van der Waals surface area contributed by atoms with Crippen molar-refractivity contribution in [2.75, 3.05) is 0 Å². The molecule has 5 aliphatic rings. The Balaban J connectivity index is 0.883. The molecular weight excluding hydrogens is 637 g/mol. The van der Waals surface area contributed by atoms with E-state index in [9.17, 15) is 0 Å². The molecule has 1 aromatic rings. The number of benzene rings is 1. The largest absolute Gasteiger partial charge is 0.450 e. The first-order valence-electron chi connectivity index (χ1n) is 22.9. The second-order valence-corrected chi connectivity index (χ2v) is 20.6. The third-order valence-electron chi connectivity index (χ3n) is 16.3. The van der Waals surface area contributed by atoms with Crippen molar-refractivity contribution < 1.29 is 4.74 Å². The number of thiocarbonyl (C=S) groups is 1. The average Bonchev–Trinajstić information content (AvgIpc) is 3.14. The van der Waals surface area contributed by atoms with Crippen LogP contribution >= 0.6 is 12.2 Å². The fraction of sp³-hybridized carbons (Fsp3) is 0.857. The molecule has 0 unspecified atom stereocenters. The predicted molar refractivity (Wildman–Crippen MR) is 224 cm³/mol. The average molecular weight is 717 g/mol. The highest BCUT2D eigenvalue weighted by Crippen LogP contribution is 2.44. The Hall–Kier alpha value is -0.890. The molecule has 0 radical (unpaired) electrons. The molecule has 1 nitrogen and oxygen atoms in total. The van der Waals surface area contributed by atoms with E-state index >= 15 is 0 Å². The zero-order chi connectivity index (χ0) is 35.9. The van der Waals surface area contributed by atoms with Crippen LogP contribution in [0.2, 0.25) is 0 Å². The Morgan fingerprint density at radius 1 is 0.451 bits per heavy atom. The Bertz CT molecular complexity index is 1190. The molecule has 0 atom stereocenters. The topological polar surface area (TPSA) is 9.23 Å². The molecule has 51 heavy (non-hydrogen) atoms. The van der Waals surface area contributed by atoms with Crippen molar-refractivity contribution in [1.82, 2.24) is 0 Å². The molecule has 1 aromatic carbocycles. The number of rotatable bonds is 12. The minimum Gasteiger partial charge on any atom is -0.450 e. The monoisotopic (exact) mass is 717 g/mol. The van der Waals surface area contributed by atoms with Crippen LogP contribution in [0, 0.1) is 86.9 Å². The van der Waals surface area contributed by atoms with E-state index < -0.39 is 0 Å². The summed E-state index contributed by atoms with van der Waals surface area (Å²) in [6.45, 7) is 14.2. The van der Waals surface area contributed by atoms with Gasteiger partial charge in [-0.05, 0) is 172 Å². The van der Waals surface area contributed by atoms with Gasteiger partial charge in [0.1, 0.15) is 5.75 Å². The summed E-state index contributed by atoms with van der Waals surface area (Å²) in [7, 11) is 0. The molecule has 0 aliphatic heterocycles. The van der Waals surface area contributed by atoms with E-state index in [1.807, 2.05) is 0 Å². The van der Waals surface area contributed by atoms with Crippen LogP contribution in [0.5, 0.6) is 5.75 Å². The molecule has 5 fully saturated rings. The summed E-state index contributed by atoms with van der Waals surface area (Å²) in [6, 6.07) is 0. The summed E-state index contributed by atoms with van der Waals surface area (Å²) in [4.78, 5) is 0. The predicted octanol–water partition coefficient (Wildman–Crippen LogP) is 15.2. The lowest BCUT2D eigenvalue weighted by atomic mass is 9.70. The van der Waals surface area contributed by atoms with E-state index in [1.165, 1.54) is 176 Å². The van der Waals surface area contributed by atoms with Crippen molar-refractivity contribution in [3.05, 3.63) is 27.8 Å². The van der Waals surface area contributed by atoms with Crippen molar-refractivity contribution in [3.8, 4) is 5.75 Å². The third kappa shape index (κ3) is 11.3. The van der Waals surface area contributed by atoms with E-state index in [1.54, 1.807) is 12.0 Å². The molecule has 0 aromatic heterocycles. The summed E-state index contributed by atoms with van der Waals surface area (Å²) in [5.74, 6) is 10.9. The van der Waals surface area contributed by atoms with Gasteiger partial charge in [-0.25, -0.2) is 0 Å². The first kappa shape index (κ1) is 39.8. The number of hydrogen-bond donors (Lipinski definition) is 0. The summed E-state index contributed by atoms with van der Waals surface area (Å²) < 4.78 is 6.58. The van der Waals surface area contributed by atoms with Gasteiger partial charge in [0.25, 0.3) is 0 Å². The molecule has 288 valence electrons. The summed E-state index contributed by atoms with van der Waals surface area (Å²) in [5, 5.41) is 0.820. The van der Waals surface area contributed by atoms with Crippen molar-refractivity contribution >= 4 is 17.3 Å². The SMILES string of the molecule is Cc1c(C)c(OC(=S)CCC2CCC(CC3CCC(CC4CCC(C)CC4)CC3)CC2)c(C)c(C)c1CC1CCC(CC2CCC(C)CC2)CC1. The van der Waals surface area contributed by atoms with Crippen LogP contribution in [0.25, 0.3) is 0 Å². The van der Waals surface area contributed by atoms with Gasteiger partial charge in [-0.15, -0.1) is 0 Å². The molecule has 5 aliphatic carbocycles. The van der Waals surface area contributed by atoms with Crippen LogP contribution in [-0.4, -0.2) is 5.05 Å². The van der Waals surface area contributed by atoms with Gasteiger partial charge in [0.15, 0.2) is 5.05 Å². The Morgan fingerprint density at radius 3 is 1.14 bits per heavy atom. The molecule has 0 saturated heterocycles. The van der Waals surface area contributed by atoms with Gasteiger partial charge in [-0.1, -0.05) is 129 Å². The van der Waals surface area contributed by atoms with Crippen LogP contribution in [0.3, 0.4) is 0 Å². The maximum Gasteiger partial charge on any atom is 0.167 e. The van der Waals surface area contributed by atoms with Crippen LogP contribution in [0.15, 0.2) is 0 Å². The van der Waals surface area contributed by atoms with Gasteiger partial charge in [0, 0.05) is 6.42 Å². The molecule has 0 spiro atoms. The maximum atomic E-state index is 6.58. The van der Waals surface area contributed by atoms with Gasteiger partial charge in [0.05, 0.1) is 0 Å². The van der Waals surface area contributed by atoms with Gasteiger partial charge < -0.3 is 4.74 Å². The van der Waals surface area contributed by atoms with E-state index in [0.717, 1.165) is 76.4 Å². The van der Waals surface area contributed by atoms with E-state index in [4.69, 9.17) is 17.0 Å². The molecule has 0 N–H and O–H groups in total. The minimum atomic E-state index is 0.820. The molecule has 5 saturated carbocycles. The van der Waals surface area contributed by atoms with Crippen LogP contribution < -0.4 is 4.74 Å². The standard InChI is InChI=1S/C49H80OS/c1-33-7-11-40(12-8-33)29-43-19-21-44(22-20-43)31-42-17-15-39(16-18-42)27-28-48(51)50-49-37(5)35(3)47(36(4)38(49)6)32-46-25-23-45(24-26-46)30-41-13-9-34(2)10-14-41/h33-34,39-46H,7-32H2,1-6H3. The molecule has 0 heterocycles. The van der Waals surface area contributed by atoms with E-state index in [0.29, 0.717) is 0 Å². The third-order valence-corrected chi connectivity index (χ3v) is 16.6. The smallest absolute Gasteiger partial charge is 0.167 e. The zero-order valence-electron chi connectivity index (χ0n) is 34.5.